The van der Waals surface area contributed by atoms with E-state index < -0.39 is 0 Å². The van der Waals surface area contributed by atoms with Gasteiger partial charge in [-0.2, -0.15) is 0 Å². The predicted molar refractivity (Wildman–Crippen MR) is 64.9 cm³/mol. The first kappa shape index (κ1) is 9.23. The molecule has 13 heavy (non-hydrogen) atoms. The van der Waals surface area contributed by atoms with Crippen LogP contribution in [0.25, 0.3) is 10.1 Å². The minimum atomic E-state index is 0.0729. The molecule has 0 bridgehead atoms. The summed E-state index contributed by atoms with van der Waals surface area (Å²) >= 11 is 3.86. The summed E-state index contributed by atoms with van der Waals surface area (Å²) < 4.78 is 2.25. The van der Waals surface area contributed by atoms with E-state index >= 15 is 0 Å². The number of fused-ring (bicyclic) bond motifs is 1. The molecule has 0 spiro atoms. The van der Waals surface area contributed by atoms with E-state index in [2.05, 4.69) is 22.6 Å². The van der Waals surface area contributed by atoms with E-state index in [1.165, 1.54) is 4.70 Å². The lowest BCUT2D eigenvalue weighted by Gasteiger charge is -2.02. The SMILES string of the molecule is Nc1csc2ccc(CO)c(I)c12. The van der Waals surface area contributed by atoms with E-state index in [9.17, 15) is 0 Å². The Labute approximate surface area is 93.5 Å². The van der Waals surface area contributed by atoms with Crippen molar-refractivity contribution in [2.24, 2.45) is 0 Å². The van der Waals surface area contributed by atoms with Gasteiger partial charge in [-0.15, -0.1) is 11.3 Å². The summed E-state index contributed by atoms with van der Waals surface area (Å²) in [5.74, 6) is 0. The third kappa shape index (κ3) is 1.43. The summed E-state index contributed by atoms with van der Waals surface area (Å²) in [5.41, 5.74) is 7.57. The highest BCUT2D eigenvalue weighted by molar-refractivity contribution is 14.1. The van der Waals surface area contributed by atoms with Gasteiger partial charge in [0, 0.05) is 19.0 Å². The zero-order valence-corrected chi connectivity index (χ0v) is 9.72. The van der Waals surface area contributed by atoms with Crippen molar-refractivity contribution in [3.05, 3.63) is 26.6 Å². The van der Waals surface area contributed by atoms with Crippen molar-refractivity contribution in [2.75, 3.05) is 5.73 Å². The molecule has 2 aromatic rings. The van der Waals surface area contributed by atoms with Crippen molar-refractivity contribution in [3.8, 4) is 0 Å². The number of rotatable bonds is 1. The van der Waals surface area contributed by atoms with Gasteiger partial charge >= 0.3 is 0 Å². The second kappa shape index (κ2) is 3.43. The summed E-state index contributed by atoms with van der Waals surface area (Å²) in [5, 5.41) is 12.1. The van der Waals surface area contributed by atoms with Crippen LogP contribution in [0.5, 0.6) is 0 Å². The van der Waals surface area contributed by atoms with Crippen LogP contribution in [0.1, 0.15) is 5.56 Å². The van der Waals surface area contributed by atoms with Crippen LogP contribution in [0.2, 0.25) is 0 Å². The smallest absolute Gasteiger partial charge is 0.0692 e. The summed E-state index contributed by atoms with van der Waals surface area (Å²) in [6, 6.07) is 3.95. The molecular formula is C9H8INOS. The number of aliphatic hydroxyl groups excluding tert-OH is 1. The number of benzene rings is 1. The second-order valence-corrected chi connectivity index (χ2v) is 4.75. The molecule has 0 radical (unpaired) electrons. The van der Waals surface area contributed by atoms with Crippen LogP contribution in [0.15, 0.2) is 17.5 Å². The molecule has 4 heteroatoms. The van der Waals surface area contributed by atoms with Gasteiger partial charge in [0.05, 0.1) is 12.3 Å². The van der Waals surface area contributed by atoms with Crippen molar-refractivity contribution < 1.29 is 5.11 Å². The number of hydrogen-bond donors (Lipinski definition) is 2. The molecule has 0 atom stereocenters. The van der Waals surface area contributed by atoms with Gasteiger partial charge in [0.25, 0.3) is 0 Å². The van der Waals surface area contributed by atoms with Gasteiger partial charge in [0.2, 0.25) is 0 Å². The molecule has 0 aliphatic rings. The van der Waals surface area contributed by atoms with Crippen molar-refractivity contribution in [1.82, 2.24) is 0 Å². The Bertz CT molecular complexity index is 452. The first-order valence-electron chi connectivity index (χ1n) is 3.79. The fourth-order valence-electron chi connectivity index (χ4n) is 1.28. The van der Waals surface area contributed by atoms with E-state index in [1.807, 2.05) is 17.5 Å². The second-order valence-electron chi connectivity index (χ2n) is 2.76. The first-order chi connectivity index (χ1) is 6.24. The van der Waals surface area contributed by atoms with E-state index in [-0.39, 0.29) is 6.61 Å². The first-order valence-corrected chi connectivity index (χ1v) is 5.75. The highest BCUT2D eigenvalue weighted by atomic mass is 127. The van der Waals surface area contributed by atoms with E-state index in [1.54, 1.807) is 11.3 Å². The summed E-state index contributed by atoms with van der Waals surface area (Å²) in [6.45, 7) is 0.0729. The minimum absolute atomic E-state index is 0.0729. The van der Waals surface area contributed by atoms with Crippen molar-refractivity contribution in [1.29, 1.82) is 0 Å². The normalized spacial score (nSPS) is 10.9. The zero-order chi connectivity index (χ0) is 9.42. The molecule has 1 aromatic heterocycles. The monoisotopic (exact) mass is 305 g/mol. The summed E-state index contributed by atoms with van der Waals surface area (Å²) in [6.07, 6.45) is 0. The molecule has 2 rings (SSSR count). The van der Waals surface area contributed by atoms with Crippen LogP contribution < -0.4 is 5.73 Å². The van der Waals surface area contributed by atoms with Crippen molar-refractivity contribution >= 4 is 49.7 Å². The quantitative estimate of drug-likeness (QED) is 0.796. The average molecular weight is 305 g/mol. The van der Waals surface area contributed by atoms with Gasteiger partial charge in [-0.25, -0.2) is 0 Å². The maximum Gasteiger partial charge on any atom is 0.0692 e. The fourth-order valence-corrected chi connectivity index (χ4v) is 3.27. The highest BCUT2D eigenvalue weighted by Gasteiger charge is 2.08. The molecule has 1 heterocycles. The van der Waals surface area contributed by atoms with Gasteiger partial charge < -0.3 is 10.8 Å². The van der Waals surface area contributed by atoms with Crippen LogP contribution in [0, 0.1) is 3.57 Å². The lowest BCUT2D eigenvalue weighted by molar-refractivity contribution is 0.281. The third-order valence-electron chi connectivity index (χ3n) is 1.96. The van der Waals surface area contributed by atoms with Crippen molar-refractivity contribution in [3.63, 3.8) is 0 Å². The van der Waals surface area contributed by atoms with Crippen LogP contribution in [-0.2, 0) is 6.61 Å². The molecule has 0 aliphatic heterocycles. The lowest BCUT2D eigenvalue weighted by Crippen LogP contribution is -1.90. The molecule has 0 unspecified atom stereocenters. The van der Waals surface area contributed by atoms with Gasteiger partial charge in [-0.05, 0) is 34.2 Å². The maximum atomic E-state index is 9.06. The average Bonchev–Trinajstić information content (AvgIpc) is 2.49. The molecule has 0 amide bonds. The highest BCUT2D eigenvalue weighted by Crippen LogP contribution is 2.33. The Morgan fingerprint density at radius 1 is 1.46 bits per heavy atom. The van der Waals surface area contributed by atoms with Crippen LogP contribution in [0.3, 0.4) is 0 Å². The van der Waals surface area contributed by atoms with Gasteiger partial charge in [0.15, 0.2) is 0 Å². The predicted octanol–water partition coefficient (Wildman–Crippen LogP) is 2.58. The van der Waals surface area contributed by atoms with Crippen LogP contribution in [-0.4, -0.2) is 5.11 Å². The van der Waals surface area contributed by atoms with Crippen LogP contribution in [0.4, 0.5) is 5.69 Å². The van der Waals surface area contributed by atoms with Crippen molar-refractivity contribution in [2.45, 2.75) is 6.61 Å². The number of anilines is 1. The standard InChI is InChI=1S/C9H8INOS/c10-9-5(3-12)1-2-7-8(9)6(11)4-13-7/h1-2,4,12H,3,11H2. The fraction of sp³-hybridized carbons (Fsp3) is 0.111. The largest absolute Gasteiger partial charge is 0.398 e. The van der Waals surface area contributed by atoms with Gasteiger partial charge in [-0.3, -0.25) is 0 Å². The third-order valence-corrected chi connectivity index (χ3v) is 4.15. The molecule has 1 aromatic carbocycles. The molecule has 68 valence electrons. The number of thiophene rings is 1. The summed E-state index contributed by atoms with van der Waals surface area (Å²) in [7, 11) is 0. The Morgan fingerprint density at radius 2 is 2.23 bits per heavy atom. The number of aliphatic hydroxyl groups is 1. The van der Waals surface area contributed by atoms with E-state index in [4.69, 9.17) is 10.8 Å². The van der Waals surface area contributed by atoms with Gasteiger partial charge in [0.1, 0.15) is 0 Å². The number of nitrogen functional groups attached to an aromatic ring is 1. The maximum absolute atomic E-state index is 9.06. The number of hydrogen-bond acceptors (Lipinski definition) is 3. The molecule has 2 nitrogen and oxygen atoms in total. The van der Waals surface area contributed by atoms with Crippen LogP contribution >= 0.6 is 33.9 Å². The lowest BCUT2D eigenvalue weighted by atomic mass is 10.1. The molecular weight excluding hydrogens is 297 g/mol. The molecule has 0 saturated heterocycles. The van der Waals surface area contributed by atoms with Gasteiger partial charge in [-0.1, -0.05) is 6.07 Å². The Balaban J connectivity index is 2.83. The number of nitrogens with two attached hydrogens (primary N) is 1. The number of halogens is 1. The summed E-state index contributed by atoms with van der Waals surface area (Å²) in [4.78, 5) is 0. The molecule has 0 fully saturated rings. The van der Waals surface area contributed by atoms with E-state index in [0.717, 1.165) is 20.2 Å². The topological polar surface area (TPSA) is 46.2 Å². The molecule has 3 N–H and O–H groups in total. The Kier molecular flexibility index (Phi) is 2.44. The molecule has 0 aliphatic carbocycles. The minimum Gasteiger partial charge on any atom is -0.398 e. The van der Waals surface area contributed by atoms with E-state index in [0.29, 0.717) is 0 Å². The molecule has 0 saturated carbocycles. The Morgan fingerprint density at radius 3 is 2.92 bits per heavy atom. The zero-order valence-electron chi connectivity index (χ0n) is 6.75. The Hall–Kier alpha value is -0.330.